The first kappa shape index (κ1) is 20.1. The highest BCUT2D eigenvalue weighted by molar-refractivity contribution is 5.75. The summed E-state index contributed by atoms with van der Waals surface area (Å²) in [6.07, 6.45) is 14.1. The molecule has 4 aliphatic carbocycles. The summed E-state index contributed by atoms with van der Waals surface area (Å²) in [5.41, 5.74) is 2.72. The third kappa shape index (κ3) is 2.68. The molecule has 4 fully saturated rings. The summed E-state index contributed by atoms with van der Waals surface area (Å²) in [5, 5.41) is 0. The van der Waals surface area contributed by atoms with Crippen molar-refractivity contribution in [1.29, 1.82) is 0 Å². The van der Waals surface area contributed by atoms with Crippen LogP contribution < -0.4 is 0 Å². The Hall–Kier alpha value is -0.830. The topological polar surface area (TPSA) is 23.6 Å². The molecule has 1 heterocycles. The molecular weight excluding hydrogens is 356 g/mol. The first-order valence-corrected chi connectivity index (χ1v) is 12.5. The molecule has 8 atom stereocenters. The van der Waals surface area contributed by atoms with E-state index in [-0.39, 0.29) is 0 Å². The van der Waals surface area contributed by atoms with Crippen LogP contribution in [-0.4, -0.2) is 48.4 Å². The van der Waals surface area contributed by atoms with Gasteiger partial charge in [0.25, 0.3) is 0 Å². The average Bonchev–Trinajstić information content (AvgIpc) is 3.20. The molecule has 1 saturated heterocycles. The fraction of sp³-hybridized carbons (Fsp3) is 0.885. The molecule has 1 spiro atoms. The Morgan fingerprint density at radius 1 is 1.17 bits per heavy atom. The lowest BCUT2D eigenvalue weighted by molar-refractivity contribution is -0.132. The Morgan fingerprint density at radius 3 is 2.69 bits per heavy atom. The number of hydrogen-bond acceptors (Lipinski definition) is 2. The molecule has 3 heteroatoms. The van der Waals surface area contributed by atoms with Crippen molar-refractivity contribution in [2.24, 2.45) is 34.5 Å². The minimum atomic E-state index is 0.309. The monoisotopic (exact) mass is 398 g/mol. The van der Waals surface area contributed by atoms with Crippen molar-refractivity contribution < 1.29 is 4.79 Å². The quantitative estimate of drug-likeness (QED) is 0.603. The first-order chi connectivity index (χ1) is 13.8. The van der Waals surface area contributed by atoms with Gasteiger partial charge in [-0.2, -0.15) is 0 Å². The Balaban J connectivity index is 1.40. The van der Waals surface area contributed by atoms with E-state index in [0.29, 0.717) is 29.2 Å². The van der Waals surface area contributed by atoms with Crippen LogP contribution in [0.15, 0.2) is 11.6 Å². The predicted octanol–water partition coefficient (Wildman–Crippen LogP) is 5.12. The fourth-order valence-corrected chi connectivity index (χ4v) is 9.23. The van der Waals surface area contributed by atoms with Gasteiger partial charge in [0, 0.05) is 32.1 Å². The largest absolute Gasteiger partial charge is 0.342 e. The lowest BCUT2D eigenvalue weighted by Gasteiger charge is -2.58. The normalized spacial score (nSPS) is 48.9. The summed E-state index contributed by atoms with van der Waals surface area (Å²) in [4.78, 5) is 17.0. The second-order valence-electron chi connectivity index (χ2n) is 11.6. The molecule has 29 heavy (non-hydrogen) atoms. The standard InChI is InChI=1S/C26H42N2O/c1-6-24(29)28(5)19-11-13-25(3)18(15-19)7-8-20-22(25)12-14-26-16-27(4)17(2)21(26)9-10-23(20)26/h7,17,19-23H,6,8-16H2,1-5H3/t17-,19-,20+,21+,22?,23-,25-,26-/m0/s1. The maximum absolute atomic E-state index is 12.3. The lowest BCUT2D eigenvalue weighted by atomic mass is 9.47. The van der Waals surface area contributed by atoms with Gasteiger partial charge in [0.15, 0.2) is 0 Å². The zero-order chi connectivity index (χ0) is 20.6. The molecule has 1 amide bonds. The lowest BCUT2D eigenvalue weighted by Crippen LogP contribution is -2.53. The van der Waals surface area contributed by atoms with Crippen molar-refractivity contribution in [1.82, 2.24) is 9.80 Å². The number of hydrogen-bond donors (Lipinski definition) is 0. The maximum Gasteiger partial charge on any atom is 0.222 e. The van der Waals surface area contributed by atoms with Gasteiger partial charge in [-0.1, -0.05) is 25.5 Å². The van der Waals surface area contributed by atoms with Crippen molar-refractivity contribution in [3.8, 4) is 0 Å². The fourth-order valence-electron chi connectivity index (χ4n) is 9.23. The summed E-state index contributed by atoms with van der Waals surface area (Å²) < 4.78 is 0. The molecule has 1 unspecified atom stereocenters. The van der Waals surface area contributed by atoms with E-state index in [9.17, 15) is 4.79 Å². The van der Waals surface area contributed by atoms with Gasteiger partial charge in [-0.15, -0.1) is 0 Å². The molecular formula is C26H42N2O. The number of carbonyl (C=O) groups is 1. The van der Waals surface area contributed by atoms with Crippen LogP contribution in [0.1, 0.15) is 78.6 Å². The minimum absolute atomic E-state index is 0.309. The number of allylic oxidation sites excluding steroid dienone is 1. The van der Waals surface area contributed by atoms with Crippen LogP contribution >= 0.6 is 0 Å². The molecule has 0 radical (unpaired) electrons. The number of fused-ring (bicyclic) bond motifs is 4. The van der Waals surface area contributed by atoms with E-state index >= 15 is 0 Å². The molecule has 5 rings (SSSR count). The van der Waals surface area contributed by atoms with Crippen molar-refractivity contribution in [3.05, 3.63) is 11.6 Å². The van der Waals surface area contributed by atoms with Crippen LogP contribution in [0.5, 0.6) is 0 Å². The number of carbonyl (C=O) groups excluding carboxylic acids is 1. The van der Waals surface area contributed by atoms with E-state index in [1.54, 1.807) is 5.57 Å². The van der Waals surface area contributed by atoms with E-state index in [2.05, 4.69) is 36.8 Å². The van der Waals surface area contributed by atoms with Gasteiger partial charge in [-0.05, 0) is 99.8 Å². The van der Waals surface area contributed by atoms with E-state index in [4.69, 9.17) is 0 Å². The number of amides is 1. The van der Waals surface area contributed by atoms with Gasteiger partial charge in [0.2, 0.25) is 5.91 Å². The summed E-state index contributed by atoms with van der Waals surface area (Å²) in [5.74, 6) is 4.00. The molecule has 0 N–H and O–H groups in total. The van der Waals surface area contributed by atoms with Crippen LogP contribution in [0.25, 0.3) is 0 Å². The third-order valence-corrected chi connectivity index (χ3v) is 10.9. The molecule has 3 nitrogen and oxygen atoms in total. The highest BCUT2D eigenvalue weighted by Crippen LogP contribution is 2.68. The van der Waals surface area contributed by atoms with Crippen molar-refractivity contribution in [3.63, 3.8) is 0 Å². The van der Waals surface area contributed by atoms with Crippen LogP contribution in [0.2, 0.25) is 0 Å². The second-order valence-corrected chi connectivity index (χ2v) is 11.6. The summed E-state index contributed by atoms with van der Waals surface area (Å²) in [6, 6.07) is 1.21. The summed E-state index contributed by atoms with van der Waals surface area (Å²) in [7, 11) is 4.41. The van der Waals surface area contributed by atoms with Gasteiger partial charge in [-0.3, -0.25) is 4.79 Å². The highest BCUT2D eigenvalue weighted by atomic mass is 16.2. The zero-order valence-electron chi connectivity index (χ0n) is 19.4. The zero-order valence-corrected chi connectivity index (χ0v) is 19.4. The summed E-state index contributed by atoms with van der Waals surface area (Å²) >= 11 is 0. The molecule has 1 aliphatic heterocycles. The average molecular weight is 399 g/mol. The number of likely N-dealkylation sites (tertiary alicyclic amines) is 1. The smallest absolute Gasteiger partial charge is 0.222 e. The first-order valence-electron chi connectivity index (χ1n) is 12.5. The molecule has 162 valence electrons. The highest BCUT2D eigenvalue weighted by Gasteiger charge is 2.64. The van der Waals surface area contributed by atoms with Gasteiger partial charge in [0.05, 0.1) is 0 Å². The SMILES string of the molecule is CCC(=O)N(C)[C@H]1CC[C@@]2(C)C(=CC[C@@H]3C2CC[C@]24CN(C)[C@@H](C)[C@H]2CC[C@@H]34)C1. The van der Waals surface area contributed by atoms with E-state index < -0.39 is 0 Å². The van der Waals surface area contributed by atoms with Gasteiger partial charge in [0.1, 0.15) is 0 Å². The van der Waals surface area contributed by atoms with Crippen molar-refractivity contribution in [2.75, 3.05) is 20.6 Å². The second kappa shape index (κ2) is 6.84. The molecule has 3 saturated carbocycles. The summed E-state index contributed by atoms with van der Waals surface area (Å²) in [6.45, 7) is 8.43. The molecule has 0 aromatic carbocycles. The molecule has 0 aromatic rings. The van der Waals surface area contributed by atoms with Crippen LogP contribution in [0.3, 0.4) is 0 Å². The van der Waals surface area contributed by atoms with Crippen LogP contribution in [0.4, 0.5) is 0 Å². The Bertz CT molecular complexity index is 715. The van der Waals surface area contributed by atoms with E-state index in [1.165, 1.54) is 51.5 Å². The van der Waals surface area contributed by atoms with Crippen LogP contribution in [0, 0.1) is 34.5 Å². The van der Waals surface area contributed by atoms with E-state index in [0.717, 1.165) is 36.1 Å². The molecule has 0 aromatic heterocycles. The van der Waals surface area contributed by atoms with Crippen molar-refractivity contribution >= 4 is 5.91 Å². The van der Waals surface area contributed by atoms with Crippen molar-refractivity contribution in [2.45, 2.75) is 90.6 Å². The van der Waals surface area contributed by atoms with Crippen LogP contribution in [-0.2, 0) is 4.79 Å². The minimum Gasteiger partial charge on any atom is -0.342 e. The molecule has 5 aliphatic rings. The van der Waals surface area contributed by atoms with E-state index in [1.807, 2.05) is 14.0 Å². The number of rotatable bonds is 2. The molecule has 0 bridgehead atoms. The third-order valence-electron chi connectivity index (χ3n) is 10.9. The van der Waals surface area contributed by atoms with Gasteiger partial charge >= 0.3 is 0 Å². The predicted molar refractivity (Wildman–Crippen MR) is 118 cm³/mol. The Labute approximate surface area is 178 Å². The van der Waals surface area contributed by atoms with Gasteiger partial charge < -0.3 is 9.80 Å². The number of nitrogens with zero attached hydrogens (tertiary/aromatic N) is 2. The van der Waals surface area contributed by atoms with Gasteiger partial charge in [-0.25, -0.2) is 0 Å². The Morgan fingerprint density at radius 2 is 1.93 bits per heavy atom. The maximum atomic E-state index is 12.3. The Kier molecular flexibility index (Phi) is 4.74.